The van der Waals surface area contributed by atoms with E-state index >= 15 is 0 Å². The largest absolute Gasteiger partial charge is 0.279 e. The van der Waals surface area contributed by atoms with E-state index in [0.717, 1.165) is 11.3 Å². The Labute approximate surface area is 130 Å². The standard InChI is InChI=1S/C11H12ClN5O2S2/c1-7-8(5-13-16(7)2)6-14-21(18,19)10-9(12)15-11-17(10)3-4-20-11/h3-5,14H,6H2,1-2H3. The summed E-state index contributed by atoms with van der Waals surface area (Å²) in [6.07, 6.45) is 3.26. The normalized spacial score (nSPS) is 12.3. The number of hydrogen-bond donors (Lipinski definition) is 1. The van der Waals surface area contributed by atoms with Gasteiger partial charge in [0.2, 0.25) is 0 Å². The molecular weight excluding hydrogens is 334 g/mol. The van der Waals surface area contributed by atoms with E-state index in [1.165, 1.54) is 15.7 Å². The lowest BCUT2D eigenvalue weighted by Crippen LogP contribution is -2.25. The monoisotopic (exact) mass is 345 g/mol. The summed E-state index contributed by atoms with van der Waals surface area (Å²) in [6, 6.07) is 0. The molecule has 0 radical (unpaired) electrons. The van der Waals surface area contributed by atoms with Crippen molar-refractivity contribution < 1.29 is 8.42 Å². The van der Waals surface area contributed by atoms with Crippen molar-refractivity contribution in [2.75, 3.05) is 0 Å². The van der Waals surface area contributed by atoms with E-state index in [1.807, 2.05) is 6.92 Å². The van der Waals surface area contributed by atoms with Crippen LogP contribution in [0.5, 0.6) is 0 Å². The second-order valence-corrected chi connectivity index (χ2v) is 7.38. The van der Waals surface area contributed by atoms with Gasteiger partial charge in [0.25, 0.3) is 10.0 Å². The van der Waals surface area contributed by atoms with E-state index in [1.54, 1.807) is 29.5 Å². The lowest BCUT2D eigenvalue weighted by molar-refractivity contribution is 0.576. The molecule has 7 nitrogen and oxygen atoms in total. The third-order valence-corrected chi connectivity index (χ3v) is 5.78. The van der Waals surface area contributed by atoms with Crippen molar-refractivity contribution in [1.29, 1.82) is 0 Å². The van der Waals surface area contributed by atoms with E-state index in [-0.39, 0.29) is 16.7 Å². The molecule has 3 aromatic heterocycles. The van der Waals surface area contributed by atoms with Gasteiger partial charge in [0.05, 0.1) is 6.20 Å². The van der Waals surface area contributed by atoms with Gasteiger partial charge in [0.15, 0.2) is 15.1 Å². The molecule has 1 N–H and O–H groups in total. The Bertz CT molecular complexity index is 908. The molecule has 0 unspecified atom stereocenters. The molecule has 21 heavy (non-hydrogen) atoms. The Morgan fingerprint density at radius 3 is 2.90 bits per heavy atom. The smallest absolute Gasteiger partial charge is 0.260 e. The van der Waals surface area contributed by atoms with Crippen molar-refractivity contribution in [3.8, 4) is 0 Å². The first-order valence-corrected chi connectivity index (χ1v) is 8.72. The molecule has 0 aliphatic rings. The van der Waals surface area contributed by atoms with Gasteiger partial charge in [-0.2, -0.15) is 5.10 Å². The SMILES string of the molecule is Cc1c(CNS(=O)(=O)c2c(Cl)nc3sccn23)cnn1C. The molecule has 0 spiro atoms. The summed E-state index contributed by atoms with van der Waals surface area (Å²) in [6.45, 7) is 2.02. The molecule has 0 saturated carbocycles. The van der Waals surface area contributed by atoms with E-state index in [2.05, 4.69) is 14.8 Å². The predicted molar refractivity (Wildman–Crippen MR) is 80.0 cm³/mol. The first-order valence-electron chi connectivity index (χ1n) is 5.98. The number of aromatic nitrogens is 4. The van der Waals surface area contributed by atoms with Gasteiger partial charge in [0, 0.05) is 36.4 Å². The van der Waals surface area contributed by atoms with E-state index in [9.17, 15) is 8.42 Å². The Balaban J connectivity index is 1.92. The molecule has 0 atom stereocenters. The Morgan fingerprint density at radius 1 is 1.48 bits per heavy atom. The fourth-order valence-corrected chi connectivity index (χ4v) is 4.39. The van der Waals surface area contributed by atoms with Crippen molar-refractivity contribution in [2.24, 2.45) is 7.05 Å². The lowest BCUT2D eigenvalue weighted by Gasteiger charge is -2.06. The van der Waals surface area contributed by atoms with Crippen LogP contribution in [-0.2, 0) is 23.6 Å². The van der Waals surface area contributed by atoms with Gasteiger partial charge in [-0.3, -0.25) is 9.08 Å². The van der Waals surface area contributed by atoms with Gasteiger partial charge < -0.3 is 0 Å². The van der Waals surface area contributed by atoms with Gasteiger partial charge >= 0.3 is 0 Å². The third-order valence-electron chi connectivity index (χ3n) is 3.22. The number of halogens is 1. The molecule has 0 aliphatic heterocycles. The van der Waals surface area contributed by atoms with Crippen LogP contribution in [0, 0.1) is 6.92 Å². The number of rotatable bonds is 4. The minimum atomic E-state index is -3.76. The quantitative estimate of drug-likeness (QED) is 0.778. The molecular formula is C11H12ClN5O2S2. The molecule has 3 aromatic rings. The zero-order chi connectivity index (χ0) is 15.2. The number of aryl methyl sites for hydroxylation is 1. The van der Waals surface area contributed by atoms with Crippen molar-refractivity contribution in [2.45, 2.75) is 18.5 Å². The zero-order valence-corrected chi connectivity index (χ0v) is 13.6. The van der Waals surface area contributed by atoms with Crippen LogP contribution in [-0.4, -0.2) is 27.6 Å². The van der Waals surface area contributed by atoms with E-state index in [0.29, 0.717) is 4.96 Å². The maximum atomic E-state index is 12.4. The number of fused-ring (bicyclic) bond motifs is 1. The highest BCUT2D eigenvalue weighted by molar-refractivity contribution is 7.89. The van der Waals surface area contributed by atoms with E-state index in [4.69, 9.17) is 11.6 Å². The fourth-order valence-electron chi connectivity index (χ4n) is 1.94. The molecule has 3 heterocycles. The minimum absolute atomic E-state index is 0.0303. The van der Waals surface area contributed by atoms with Crippen LogP contribution >= 0.6 is 22.9 Å². The third kappa shape index (κ3) is 2.46. The molecule has 0 saturated heterocycles. The van der Waals surface area contributed by atoms with E-state index < -0.39 is 10.0 Å². The molecule has 0 aliphatic carbocycles. The second-order valence-electron chi connectivity index (χ2n) is 4.47. The number of imidazole rings is 1. The van der Waals surface area contributed by atoms with Crippen molar-refractivity contribution in [3.63, 3.8) is 0 Å². The van der Waals surface area contributed by atoms with Crippen LogP contribution in [0.2, 0.25) is 5.15 Å². The Morgan fingerprint density at radius 2 is 2.24 bits per heavy atom. The van der Waals surface area contributed by atoms with Gasteiger partial charge in [-0.15, -0.1) is 11.3 Å². The molecule has 0 bridgehead atoms. The maximum absolute atomic E-state index is 12.4. The highest BCUT2D eigenvalue weighted by Crippen LogP contribution is 2.25. The Hall–Kier alpha value is -1.42. The first-order chi connectivity index (χ1) is 9.90. The number of nitrogens with zero attached hydrogens (tertiary/aromatic N) is 4. The van der Waals surface area contributed by atoms with Gasteiger partial charge in [-0.05, 0) is 6.92 Å². The topological polar surface area (TPSA) is 81.3 Å². The zero-order valence-electron chi connectivity index (χ0n) is 11.2. The van der Waals surface area contributed by atoms with Crippen LogP contribution in [0.25, 0.3) is 4.96 Å². The molecule has 0 amide bonds. The highest BCUT2D eigenvalue weighted by Gasteiger charge is 2.25. The first kappa shape index (κ1) is 14.5. The average Bonchev–Trinajstić information content (AvgIpc) is 3.04. The van der Waals surface area contributed by atoms with Gasteiger partial charge in [0.1, 0.15) is 0 Å². The fraction of sp³-hybridized carbons (Fsp3) is 0.273. The second kappa shape index (κ2) is 5.09. The summed E-state index contributed by atoms with van der Waals surface area (Å²) in [5.74, 6) is 0. The highest BCUT2D eigenvalue weighted by atomic mass is 35.5. The number of hydrogen-bond acceptors (Lipinski definition) is 5. The average molecular weight is 346 g/mol. The van der Waals surface area contributed by atoms with Crippen molar-refractivity contribution >= 4 is 37.9 Å². The maximum Gasteiger partial charge on any atom is 0.260 e. The summed E-state index contributed by atoms with van der Waals surface area (Å²) in [7, 11) is -1.96. The van der Waals surface area contributed by atoms with Crippen LogP contribution < -0.4 is 4.72 Å². The minimum Gasteiger partial charge on any atom is -0.279 e. The summed E-state index contributed by atoms with van der Waals surface area (Å²) in [4.78, 5) is 4.57. The predicted octanol–water partition coefficient (Wildman–Crippen LogP) is 1.57. The van der Waals surface area contributed by atoms with Crippen LogP contribution in [0.15, 0.2) is 22.8 Å². The molecule has 0 aromatic carbocycles. The van der Waals surface area contributed by atoms with Crippen LogP contribution in [0.3, 0.4) is 0 Å². The van der Waals surface area contributed by atoms with Crippen molar-refractivity contribution in [1.82, 2.24) is 23.9 Å². The lowest BCUT2D eigenvalue weighted by atomic mass is 10.3. The van der Waals surface area contributed by atoms with Crippen molar-refractivity contribution in [3.05, 3.63) is 34.2 Å². The van der Waals surface area contributed by atoms with Crippen LogP contribution in [0.4, 0.5) is 0 Å². The molecule has 10 heteroatoms. The van der Waals surface area contributed by atoms with Crippen LogP contribution in [0.1, 0.15) is 11.3 Å². The molecule has 3 rings (SSSR count). The molecule has 112 valence electrons. The summed E-state index contributed by atoms with van der Waals surface area (Å²) in [5.41, 5.74) is 1.71. The number of nitrogens with one attached hydrogen (secondary N) is 1. The molecule has 0 fully saturated rings. The number of thiazole rings is 1. The number of sulfonamides is 1. The summed E-state index contributed by atoms with van der Waals surface area (Å²) < 4.78 is 30.6. The Kier molecular flexibility index (Phi) is 3.52. The van der Waals surface area contributed by atoms with Gasteiger partial charge in [-0.1, -0.05) is 11.6 Å². The summed E-state index contributed by atoms with van der Waals surface area (Å²) >= 11 is 7.27. The summed E-state index contributed by atoms with van der Waals surface area (Å²) in [5, 5.41) is 5.76. The van der Waals surface area contributed by atoms with Gasteiger partial charge in [-0.25, -0.2) is 18.1 Å².